The van der Waals surface area contributed by atoms with Gasteiger partial charge in [-0.2, -0.15) is 0 Å². The Morgan fingerprint density at radius 1 is 1.50 bits per heavy atom. The van der Waals surface area contributed by atoms with E-state index in [9.17, 15) is 9.18 Å². The molecule has 0 unspecified atom stereocenters. The van der Waals surface area contributed by atoms with Crippen molar-refractivity contribution in [3.63, 3.8) is 0 Å². The summed E-state index contributed by atoms with van der Waals surface area (Å²) in [7, 11) is 0. The molecule has 1 aromatic heterocycles. The van der Waals surface area contributed by atoms with Gasteiger partial charge in [0.15, 0.2) is 0 Å². The van der Waals surface area contributed by atoms with Crippen molar-refractivity contribution in [1.29, 1.82) is 0 Å². The second kappa shape index (κ2) is 3.09. The van der Waals surface area contributed by atoms with Crippen LogP contribution in [0.25, 0.3) is 10.9 Å². The number of aromatic carboxylic acids is 1. The Labute approximate surface area is 86.7 Å². The number of hydrogen-bond donors (Lipinski definition) is 2. The quantitative estimate of drug-likeness (QED) is 0.826. The van der Waals surface area contributed by atoms with E-state index in [1.165, 1.54) is 18.2 Å². The summed E-state index contributed by atoms with van der Waals surface area (Å²) < 4.78 is 13.9. The van der Waals surface area contributed by atoms with Crippen LogP contribution in [0.3, 0.4) is 0 Å². The van der Waals surface area contributed by atoms with Crippen molar-refractivity contribution in [2.45, 2.75) is 0 Å². The fraction of sp³-hybridized carbons (Fsp3) is 0. The van der Waals surface area contributed by atoms with Gasteiger partial charge >= 0.3 is 5.97 Å². The maximum absolute atomic E-state index is 13.2. The van der Waals surface area contributed by atoms with Crippen LogP contribution in [0.2, 0.25) is 0 Å². The topological polar surface area (TPSA) is 53.1 Å². The normalized spacial score (nSPS) is 10.7. The lowest BCUT2D eigenvalue weighted by Crippen LogP contribution is -1.95. The summed E-state index contributed by atoms with van der Waals surface area (Å²) in [6.07, 6.45) is 0. The van der Waals surface area contributed by atoms with Crippen LogP contribution in [-0.2, 0) is 0 Å². The van der Waals surface area contributed by atoms with Gasteiger partial charge in [0.25, 0.3) is 0 Å². The molecular formula is C9H5BrFNO2. The standard InChI is InChI=1S/C9H5BrFNO2/c10-5-1-2-6(11)8-4(5)3-7(12-8)9(13)14/h1-3,12H,(H,13,14). The number of carboxylic acid groups (broad SMARTS) is 1. The highest BCUT2D eigenvalue weighted by Gasteiger charge is 2.12. The van der Waals surface area contributed by atoms with Gasteiger partial charge in [0, 0.05) is 9.86 Å². The molecule has 2 N–H and O–H groups in total. The van der Waals surface area contributed by atoms with Crippen molar-refractivity contribution in [3.8, 4) is 0 Å². The van der Waals surface area contributed by atoms with Crippen LogP contribution >= 0.6 is 15.9 Å². The van der Waals surface area contributed by atoms with E-state index in [0.29, 0.717) is 9.86 Å². The predicted molar refractivity (Wildman–Crippen MR) is 52.9 cm³/mol. The minimum atomic E-state index is -1.10. The number of aromatic nitrogens is 1. The summed E-state index contributed by atoms with van der Waals surface area (Å²) >= 11 is 3.21. The van der Waals surface area contributed by atoms with E-state index < -0.39 is 11.8 Å². The minimum absolute atomic E-state index is 0.0224. The number of hydrogen-bond acceptors (Lipinski definition) is 1. The molecule has 1 heterocycles. The van der Waals surface area contributed by atoms with E-state index in [-0.39, 0.29) is 11.2 Å². The smallest absolute Gasteiger partial charge is 0.352 e. The molecule has 2 rings (SSSR count). The Morgan fingerprint density at radius 3 is 2.79 bits per heavy atom. The van der Waals surface area contributed by atoms with E-state index in [1.54, 1.807) is 0 Å². The first-order chi connectivity index (χ1) is 6.59. The van der Waals surface area contributed by atoms with Gasteiger partial charge < -0.3 is 10.1 Å². The van der Waals surface area contributed by atoms with Crippen LogP contribution in [0.4, 0.5) is 4.39 Å². The molecule has 0 aliphatic rings. The van der Waals surface area contributed by atoms with E-state index in [2.05, 4.69) is 20.9 Å². The lowest BCUT2D eigenvalue weighted by molar-refractivity contribution is 0.0691. The monoisotopic (exact) mass is 257 g/mol. The van der Waals surface area contributed by atoms with Gasteiger partial charge in [0.1, 0.15) is 11.5 Å². The van der Waals surface area contributed by atoms with Gasteiger partial charge in [0.2, 0.25) is 0 Å². The van der Waals surface area contributed by atoms with Crippen molar-refractivity contribution >= 4 is 32.8 Å². The average molecular weight is 258 g/mol. The summed E-state index contributed by atoms with van der Waals surface area (Å²) in [6.45, 7) is 0. The Kier molecular flexibility index (Phi) is 2.03. The SMILES string of the molecule is O=C(O)c1cc2c(Br)ccc(F)c2[nH]1. The molecule has 3 nitrogen and oxygen atoms in total. The summed E-state index contributed by atoms with van der Waals surface area (Å²) in [6, 6.07) is 4.20. The zero-order valence-electron chi connectivity index (χ0n) is 6.84. The number of halogens is 2. The highest BCUT2D eigenvalue weighted by molar-refractivity contribution is 9.10. The minimum Gasteiger partial charge on any atom is -0.477 e. The van der Waals surface area contributed by atoms with Gasteiger partial charge in [-0.15, -0.1) is 0 Å². The van der Waals surface area contributed by atoms with E-state index in [0.717, 1.165) is 0 Å². The van der Waals surface area contributed by atoms with E-state index >= 15 is 0 Å². The van der Waals surface area contributed by atoms with Gasteiger partial charge in [-0.1, -0.05) is 15.9 Å². The molecule has 0 aliphatic carbocycles. The number of benzene rings is 1. The molecule has 5 heteroatoms. The molecule has 2 aromatic rings. The maximum atomic E-state index is 13.2. The van der Waals surface area contributed by atoms with Gasteiger partial charge in [-0.3, -0.25) is 0 Å². The molecule has 0 spiro atoms. The van der Waals surface area contributed by atoms with E-state index in [1.807, 2.05) is 0 Å². The van der Waals surface area contributed by atoms with Crippen molar-refractivity contribution in [1.82, 2.24) is 4.98 Å². The third kappa shape index (κ3) is 1.29. The van der Waals surface area contributed by atoms with Crippen LogP contribution in [0, 0.1) is 5.82 Å². The lowest BCUT2D eigenvalue weighted by atomic mass is 10.2. The number of rotatable bonds is 1. The third-order valence-electron chi connectivity index (χ3n) is 1.92. The van der Waals surface area contributed by atoms with Crippen molar-refractivity contribution in [2.24, 2.45) is 0 Å². The molecule has 0 saturated heterocycles. The van der Waals surface area contributed by atoms with E-state index in [4.69, 9.17) is 5.11 Å². The highest BCUT2D eigenvalue weighted by Crippen LogP contribution is 2.26. The molecule has 0 atom stereocenters. The second-order valence-corrected chi connectivity index (χ2v) is 3.66. The number of aromatic amines is 1. The molecule has 0 aliphatic heterocycles. The number of carboxylic acids is 1. The fourth-order valence-electron chi connectivity index (χ4n) is 1.27. The Hall–Kier alpha value is -1.36. The summed E-state index contributed by atoms with van der Waals surface area (Å²) in [5.74, 6) is -1.57. The average Bonchev–Trinajstić information content (AvgIpc) is 2.57. The highest BCUT2D eigenvalue weighted by atomic mass is 79.9. The zero-order chi connectivity index (χ0) is 10.3. The Bertz CT molecular complexity index is 482. The number of fused-ring (bicyclic) bond motifs is 1. The molecule has 0 amide bonds. The van der Waals surface area contributed by atoms with Crippen LogP contribution in [0.1, 0.15) is 10.5 Å². The summed E-state index contributed by atoms with van der Waals surface area (Å²) in [4.78, 5) is 13.1. The fourth-order valence-corrected chi connectivity index (χ4v) is 1.71. The molecule has 0 fully saturated rings. The third-order valence-corrected chi connectivity index (χ3v) is 2.61. The molecule has 0 radical (unpaired) electrons. The molecule has 1 aromatic carbocycles. The van der Waals surface area contributed by atoms with Gasteiger partial charge in [-0.25, -0.2) is 9.18 Å². The molecular weight excluding hydrogens is 253 g/mol. The lowest BCUT2D eigenvalue weighted by Gasteiger charge is -1.93. The first-order valence-corrected chi connectivity index (χ1v) is 4.59. The first kappa shape index (κ1) is 9.21. The number of nitrogens with one attached hydrogen (secondary N) is 1. The Balaban J connectivity index is 2.82. The summed E-state index contributed by atoms with van der Waals surface area (Å²) in [5, 5.41) is 9.23. The van der Waals surface area contributed by atoms with Crippen molar-refractivity contribution < 1.29 is 14.3 Å². The van der Waals surface area contributed by atoms with Crippen LogP contribution in [-0.4, -0.2) is 16.1 Å². The van der Waals surface area contributed by atoms with Crippen LogP contribution in [0.15, 0.2) is 22.7 Å². The van der Waals surface area contributed by atoms with Crippen LogP contribution in [0.5, 0.6) is 0 Å². The zero-order valence-corrected chi connectivity index (χ0v) is 8.43. The molecule has 0 saturated carbocycles. The molecule has 72 valence electrons. The molecule has 0 bridgehead atoms. The molecule has 14 heavy (non-hydrogen) atoms. The Morgan fingerprint density at radius 2 is 2.21 bits per heavy atom. The summed E-state index contributed by atoms with van der Waals surface area (Å²) in [5.41, 5.74) is 0.183. The van der Waals surface area contributed by atoms with Gasteiger partial charge in [0.05, 0.1) is 5.52 Å². The predicted octanol–water partition coefficient (Wildman–Crippen LogP) is 2.77. The number of H-pyrrole nitrogens is 1. The number of carbonyl (C=O) groups is 1. The van der Waals surface area contributed by atoms with Gasteiger partial charge in [-0.05, 0) is 18.2 Å². The van der Waals surface area contributed by atoms with Crippen molar-refractivity contribution in [2.75, 3.05) is 0 Å². The maximum Gasteiger partial charge on any atom is 0.352 e. The second-order valence-electron chi connectivity index (χ2n) is 2.81. The van der Waals surface area contributed by atoms with Crippen molar-refractivity contribution in [3.05, 3.63) is 34.2 Å². The van der Waals surface area contributed by atoms with Crippen LogP contribution < -0.4 is 0 Å². The first-order valence-electron chi connectivity index (χ1n) is 3.79. The largest absolute Gasteiger partial charge is 0.477 e.